The van der Waals surface area contributed by atoms with Gasteiger partial charge in [-0.05, 0) is 42.0 Å². The molecule has 25 heavy (non-hydrogen) atoms. The van der Waals surface area contributed by atoms with Crippen molar-refractivity contribution in [1.82, 2.24) is 9.55 Å². The molecule has 0 N–H and O–H groups in total. The number of rotatable bonds is 3. The summed E-state index contributed by atoms with van der Waals surface area (Å²) in [4.78, 5) is 17.9. The Morgan fingerprint density at radius 2 is 1.56 bits per heavy atom. The van der Waals surface area contributed by atoms with Crippen LogP contribution in [0.4, 0.5) is 0 Å². The lowest BCUT2D eigenvalue weighted by Gasteiger charge is -2.08. The number of aromatic nitrogens is 2. The third-order valence-electron chi connectivity index (χ3n) is 4.13. The van der Waals surface area contributed by atoms with Gasteiger partial charge in [0.1, 0.15) is 5.82 Å². The standard InChI is InChI=1S/C21H15BrN2O/c22-17-12-10-16(11-13-17)21(25)24-19-9-5-4-8-18(19)23-20(24)14-15-6-2-1-3-7-15/h1-13H,14H2. The lowest BCUT2D eigenvalue weighted by Crippen LogP contribution is -2.15. The smallest absolute Gasteiger partial charge is 0.263 e. The van der Waals surface area contributed by atoms with Crippen molar-refractivity contribution in [2.75, 3.05) is 0 Å². The van der Waals surface area contributed by atoms with Crippen molar-refractivity contribution in [3.8, 4) is 0 Å². The van der Waals surface area contributed by atoms with Crippen LogP contribution in [-0.2, 0) is 6.42 Å². The topological polar surface area (TPSA) is 34.9 Å². The van der Waals surface area contributed by atoms with Crippen molar-refractivity contribution in [3.63, 3.8) is 0 Å². The molecule has 3 nitrogen and oxygen atoms in total. The van der Waals surface area contributed by atoms with Gasteiger partial charge in [-0.2, -0.15) is 0 Å². The highest BCUT2D eigenvalue weighted by molar-refractivity contribution is 9.10. The van der Waals surface area contributed by atoms with E-state index < -0.39 is 0 Å². The van der Waals surface area contributed by atoms with Gasteiger partial charge in [0.2, 0.25) is 0 Å². The van der Waals surface area contributed by atoms with E-state index in [0.29, 0.717) is 12.0 Å². The van der Waals surface area contributed by atoms with E-state index in [9.17, 15) is 4.79 Å². The van der Waals surface area contributed by atoms with Crippen molar-refractivity contribution < 1.29 is 4.79 Å². The van der Waals surface area contributed by atoms with Crippen molar-refractivity contribution in [2.45, 2.75) is 6.42 Å². The molecule has 3 aromatic carbocycles. The fourth-order valence-electron chi connectivity index (χ4n) is 2.92. The number of carbonyl (C=O) groups is 1. The minimum Gasteiger partial charge on any atom is -0.268 e. The number of imidazole rings is 1. The number of para-hydroxylation sites is 2. The Hall–Kier alpha value is -2.72. The normalized spacial score (nSPS) is 10.9. The fourth-order valence-corrected chi connectivity index (χ4v) is 3.19. The zero-order valence-corrected chi connectivity index (χ0v) is 15.0. The summed E-state index contributed by atoms with van der Waals surface area (Å²) in [5.74, 6) is 0.687. The van der Waals surface area contributed by atoms with Gasteiger partial charge in [0.05, 0.1) is 11.0 Å². The molecule has 4 aromatic rings. The fraction of sp³-hybridized carbons (Fsp3) is 0.0476. The first-order valence-corrected chi connectivity index (χ1v) is 8.82. The summed E-state index contributed by atoms with van der Waals surface area (Å²) in [6.07, 6.45) is 0.609. The first-order valence-electron chi connectivity index (χ1n) is 8.03. The summed E-state index contributed by atoms with van der Waals surface area (Å²) in [6, 6.07) is 25.2. The van der Waals surface area contributed by atoms with Crippen LogP contribution >= 0.6 is 15.9 Å². The minimum absolute atomic E-state index is 0.0628. The largest absolute Gasteiger partial charge is 0.268 e. The molecule has 1 aromatic heterocycles. The maximum atomic E-state index is 13.2. The first-order chi connectivity index (χ1) is 12.2. The number of fused-ring (bicyclic) bond motifs is 1. The Kier molecular flexibility index (Phi) is 4.20. The molecule has 4 rings (SSSR count). The van der Waals surface area contributed by atoms with Gasteiger partial charge in [0, 0.05) is 16.5 Å². The van der Waals surface area contributed by atoms with E-state index in [4.69, 9.17) is 4.98 Å². The highest BCUT2D eigenvalue weighted by Gasteiger charge is 2.18. The van der Waals surface area contributed by atoms with Crippen LogP contribution in [-0.4, -0.2) is 15.5 Å². The summed E-state index contributed by atoms with van der Waals surface area (Å²) in [5.41, 5.74) is 3.43. The maximum absolute atomic E-state index is 13.2. The van der Waals surface area contributed by atoms with Crippen LogP contribution < -0.4 is 0 Å². The summed E-state index contributed by atoms with van der Waals surface area (Å²) in [5, 5.41) is 0. The molecule has 122 valence electrons. The molecular formula is C21H15BrN2O. The number of halogens is 1. The molecule has 0 fully saturated rings. The second-order valence-electron chi connectivity index (χ2n) is 5.83. The Labute approximate surface area is 154 Å². The molecule has 0 saturated heterocycles. The quantitative estimate of drug-likeness (QED) is 0.488. The molecule has 4 heteroatoms. The number of hydrogen-bond donors (Lipinski definition) is 0. The predicted octanol–water partition coefficient (Wildman–Crippen LogP) is 5.08. The molecule has 0 spiro atoms. The monoisotopic (exact) mass is 390 g/mol. The van der Waals surface area contributed by atoms with Gasteiger partial charge >= 0.3 is 0 Å². The molecule has 0 radical (unpaired) electrons. The molecule has 1 heterocycles. The van der Waals surface area contributed by atoms with Crippen LogP contribution in [0, 0.1) is 0 Å². The van der Waals surface area contributed by atoms with Gasteiger partial charge in [-0.15, -0.1) is 0 Å². The molecule has 0 aliphatic rings. The molecule has 0 amide bonds. The zero-order valence-electron chi connectivity index (χ0n) is 13.4. The summed E-state index contributed by atoms with van der Waals surface area (Å²) in [7, 11) is 0. The minimum atomic E-state index is -0.0628. The van der Waals surface area contributed by atoms with Crippen LogP contribution in [0.25, 0.3) is 11.0 Å². The van der Waals surface area contributed by atoms with Crippen LogP contribution in [0.2, 0.25) is 0 Å². The molecule has 0 aliphatic heterocycles. The van der Waals surface area contributed by atoms with Gasteiger partial charge in [-0.25, -0.2) is 4.98 Å². The summed E-state index contributed by atoms with van der Waals surface area (Å²) >= 11 is 3.41. The highest BCUT2D eigenvalue weighted by atomic mass is 79.9. The van der Waals surface area contributed by atoms with Crippen molar-refractivity contribution in [1.29, 1.82) is 0 Å². The average Bonchev–Trinajstić information content (AvgIpc) is 3.00. The lowest BCUT2D eigenvalue weighted by atomic mass is 10.1. The van der Waals surface area contributed by atoms with Gasteiger partial charge in [0.25, 0.3) is 5.91 Å². The van der Waals surface area contributed by atoms with Crippen molar-refractivity contribution in [2.24, 2.45) is 0 Å². The number of benzene rings is 3. The van der Waals surface area contributed by atoms with Gasteiger partial charge < -0.3 is 0 Å². The molecule has 0 bridgehead atoms. The lowest BCUT2D eigenvalue weighted by molar-refractivity contribution is 0.0961. The Balaban J connectivity index is 1.84. The van der Waals surface area contributed by atoms with E-state index in [1.807, 2.05) is 78.9 Å². The van der Waals surface area contributed by atoms with E-state index >= 15 is 0 Å². The van der Waals surface area contributed by atoms with E-state index in [1.54, 1.807) is 4.57 Å². The third kappa shape index (κ3) is 3.13. The summed E-state index contributed by atoms with van der Waals surface area (Å²) in [6.45, 7) is 0. The number of nitrogens with zero attached hydrogens (tertiary/aromatic N) is 2. The maximum Gasteiger partial charge on any atom is 0.263 e. The number of carbonyl (C=O) groups excluding carboxylic acids is 1. The second kappa shape index (κ2) is 6.65. The van der Waals surface area contributed by atoms with Gasteiger partial charge in [0.15, 0.2) is 0 Å². The van der Waals surface area contributed by atoms with Crippen LogP contribution in [0.3, 0.4) is 0 Å². The van der Waals surface area contributed by atoms with E-state index in [2.05, 4.69) is 15.9 Å². The van der Waals surface area contributed by atoms with Crippen molar-refractivity contribution in [3.05, 3.63) is 100 Å². The van der Waals surface area contributed by atoms with Gasteiger partial charge in [-0.3, -0.25) is 9.36 Å². The molecule has 0 unspecified atom stereocenters. The van der Waals surface area contributed by atoms with E-state index in [0.717, 1.165) is 26.9 Å². The average molecular weight is 391 g/mol. The highest BCUT2D eigenvalue weighted by Crippen LogP contribution is 2.21. The van der Waals surface area contributed by atoms with E-state index in [1.165, 1.54) is 0 Å². The molecule has 0 saturated carbocycles. The second-order valence-corrected chi connectivity index (χ2v) is 6.74. The summed E-state index contributed by atoms with van der Waals surface area (Å²) < 4.78 is 2.68. The Bertz CT molecular complexity index is 1040. The zero-order chi connectivity index (χ0) is 17.2. The van der Waals surface area contributed by atoms with Crippen molar-refractivity contribution >= 4 is 32.9 Å². The third-order valence-corrected chi connectivity index (χ3v) is 4.66. The van der Waals surface area contributed by atoms with Crippen LogP contribution in [0.1, 0.15) is 21.7 Å². The SMILES string of the molecule is O=C(c1ccc(Br)cc1)n1c(Cc2ccccc2)nc2ccccc21. The Morgan fingerprint density at radius 3 is 2.32 bits per heavy atom. The predicted molar refractivity (Wildman–Crippen MR) is 103 cm³/mol. The number of hydrogen-bond acceptors (Lipinski definition) is 2. The molecule has 0 aliphatic carbocycles. The first kappa shape index (κ1) is 15.8. The van der Waals surface area contributed by atoms with E-state index in [-0.39, 0.29) is 5.91 Å². The van der Waals surface area contributed by atoms with Crippen LogP contribution in [0.5, 0.6) is 0 Å². The molecule has 0 atom stereocenters. The molecular weight excluding hydrogens is 376 g/mol. The Morgan fingerprint density at radius 1 is 0.880 bits per heavy atom. The van der Waals surface area contributed by atoms with Gasteiger partial charge in [-0.1, -0.05) is 58.4 Å². The van der Waals surface area contributed by atoms with Crippen LogP contribution in [0.15, 0.2) is 83.3 Å².